The first kappa shape index (κ1) is 20.5. The van der Waals surface area contributed by atoms with Gasteiger partial charge in [-0.3, -0.25) is 4.79 Å². The Hall–Kier alpha value is -1.85. The molecule has 0 heterocycles. The molecule has 0 fully saturated rings. The molecule has 138 valence electrons. The van der Waals surface area contributed by atoms with E-state index in [-0.39, 0.29) is 11.8 Å². The summed E-state index contributed by atoms with van der Waals surface area (Å²) >= 11 is 9.36. The van der Waals surface area contributed by atoms with E-state index >= 15 is 0 Å². The lowest BCUT2D eigenvalue weighted by Gasteiger charge is -2.19. The summed E-state index contributed by atoms with van der Waals surface area (Å²) in [5.74, 6) is -1.52. The second kappa shape index (κ2) is 8.23. The van der Waals surface area contributed by atoms with E-state index in [1.54, 1.807) is 30.3 Å². The monoisotopic (exact) mass is 437 g/mol. The fraction of sp³-hybridized carbons (Fsp3) is 0.300. The largest absolute Gasteiger partial charge is 0.480 e. The van der Waals surface area contributed by atoms with Crippen LogP contribution in [0.1, 0.15) is 42.3 Å². The third-order valence-electron chi connectivity index (χ3n) is 4.05. The van der Waals surface area contributed by atoms with Gasteiger partial charge in [-0.05, 0) is 46.9 Å². The molecule has 0 aliphatic heterocycles. The van der Waals surface area contributed by atoms with E-state index in [4.69, 9.17) is 11.6 Å². The highest BCUT2D eigenvalue weighted by Crippen LogP contribution is 2.23. The van der Waals surface area contributed by atoms with Crippen molar-refractivity contribution in [2.24, 2.45) is 0 Å². The SMILES string of the molecule is CC(C)(C)c1ccc(C(=O)N[C@@H](Cc2cc(Cl)ccc2Br)C(=O)O)cc1. The van der Waals surface area contributed by atoms with Crippen molar-refractivity contribution >= 4 is 39.4 Å². The molecule has 0 spiro atoms. The maximum atomic E-state index is 12.5. The number of carboxylic acids is 1. The van der Waals surface area contributed by atoms with Gasteiger partial charge in [0.25, 0.3) is 5.91 Å². The second-order valence-electron chi connectivity index (χ2n) is 7.13. The molecule has 0 saturated carbocycles. The first-order valence-electron chi connectivity index (χ1n) is 8.16. The Bertz CT molecular complexity index is 813. The highest BCUT2D eigenvalue weighted by Gasteiger charge is 2.23. The number of rotatable bonds is 5. The average Bonchev–Trinajstić information content (AvgIpc) is 2.56. The highest BCUT2D eigenvalue weighted by atomic mass is 79.9. The Balaban J connectivity index is 2.15. The van der Waals surface area contributed by atoms with Crippen LogP contribution in [-0.2, 0) is 16.6 Å². The van der Waals surface area contributed by atoms with Crippen LogP contribution >= 0.6 is 27.5 Å². The van der Waals surface area contributed by atoms with E-state index in [1.165, 1.54) is 0 Å². The van der Waals surface area contributed by atoms with Crippen LogP contribution in [0.4, 0.5) is 0 Å². The molecule has 1 amide bonds. The van der Waals surface area contributed by atoms with Gasteiger partial charge in [-0.25, -0.2) is 4.79 Å². The summed E-state index contributed by atoms with van der Waals surface area (Å²) in [6.07, 6.45) is 0.127. The minimum atomic E-state index is -1.10. The van der Waals surface area contributed by atoms with Crippen LogP contribution in [0.25, 0.3) is 0 Å². The van der Waals surface area contributed by atoms with Crippen molar-refractivity contribution in [3.63, 3.8) is 0 Å². The molecular weight excluding hydrogens is 418 g/mol. The van der Waals surface area contributed by atoms with Gasteiger partial charge in [-0.2, -0.15) is 0 Å². The summed E-state index contributed by atoms with van der Waals surface area (Å²) in [5.41, 5.74) is 2.23. The van der Waals surface area contributed by atoms with Crippen molar-refractivity contribution < 1.29 is 14.7 Å². The fourth-order valence-electron chi connectivity index (χ4n) is 2.48. The number of benzene rings is 2. The molecule has 2 rings (SSSR count). The van der Waals surface area contributed by atoms with Crippen LogP contribution in [0.3, 0.4) is 0 Å². The van der Waals surface area contributed by atoms with E-state index in [1.807, 2.05) is 12.1 Å². The van der Waals surface area contributed by atoms with E-state index in [9.17, 15) is 14.7 Å². The molecule has 26 heavy (non-hydrogen) atoms. The average molecular weight is 439 g/mol. The first-order valence-corrected chi connectivity index (χ1v) is 9.33. The third-order valence-corrected chi connectivity index (χ3v) is 5.06. The summed E-state index contributed by atoms with van der Waals surface area (Å²) in [6.45, 7) is 6.27. The molecule has 0 aliphatic carbocycles. The predicted molar refractivity (Wildman–Crippen MR) is 107 cm³/mol. The zero-order chi connectivity index (χ0) is 19.5. The van der Waals surface area contributed by atoms with Crippen LogP contribution in [-0.4, -0.2) is 23.0 Å². The number of nitrogens with one attached hydrogen (secondary N) is 1. The third kappa shape index (κ3) is 5.32. The lowest BCUT2D eigenvalue weighted by molar-refractivity contribution is -0.139. The van der Waals surface area contributed by atoms with Gasteiger partial charge in [0.1, 0.15) is 6.04 Å². The molecule has 0 aromatic heterocycles. The van der Waals surface area contributed by atoms with Crippen LogP contribution in [0, 0.1) is 0 Å². The molecule has 0 saturated heterocycles. The van der Waals surface area contributed by atoms with Gasteiger partial charge < -0.3 is 10.4 Å². The lowest BCUT2D eigenvalue weighted by Crippen LogP contribution is -2.42. The summed E-state index contributed by atoms with van der Waals surface area (Å²) in [6, 6.07) is 11.3. The van der Waals surface area contributed by atoms with E-state index in [0.29, 0.717) is 16.1 Å². The molecule has 2 N–H and O–H groups in total. The smallest absolute Gasteiger partial charge is 0.326 e. The zero-order valence-electron chi connectivity index (χ0n) is 14.8. The minimum absolute atomic E-state index is 0.0164. The number of carbonyl (C=O) groups excluding carboxylic acids is 1. The quantitative estimate of drug-likeness (QED) is 0.703. The first-order chi connectivity index (χ1) is 12.1. The van der Waals surface area contributed by atoms with Crippen molar-refractivity contribution in [2.45, 2.75) is 38.6 Å². The van der Waals surface area contributed by atoms with Gasteiger partial charge in [0.2, 0.25) is 0 Å². The van der Waals surface area contributed by atoms with Crippen LogP contribution in [0.5, 0.6) is 0 Å². The van der Waals surface area contributed by atoms with Crippen LogP contribution < -0.4 is 5.32 Å². The van der Waals surface area contributed by atoms with Gasteiger partial charge in [0, 0.05) is 21.5 Å². The Labute approximate surface area is 166 Å². The fourth-order valence-corrected chi connectivity index (χ4v) is 3.09. The van der Waals surface area contributed by atoms with Gasteiger partial charge in [0.05, 0.1) is 0 Å². The van der Waals surface area contributed by atoms with Crippen LogP contribution in [0.15, 0.2) is 46.9 Å². The lowest BCUT2D eigenvalue weighted by atomic mass is 9.86. The van der Waals surface area contributed by atoms with E-state index < -0.39 is 17.9 Å². The normalized spacial score (nSPS) is 12.5. The number of carboxylic acid groups (broad SMARTS) is 1. The van der Waals surface area contributed by atoms with E-state index in [0.717, 1.165) is 10.0 Å². The van der Waals surface area contributed by atoms with Gasteiger partial charge in [-0.15, -0.1) is 0 Å². The number of halogens is 2. The Morgan fingerprint density at radius 2 is 1.77 bits per heavy atom. The standard InChI is InChI=1S/C20H21BrClNO3/c1-20(2,3)14-6-4-12(5-7-14)18(24)23-17(19(25)26)11-13-10-15(22)8-9-16(13)21/h4-10,17H,11H2,1-3H3,(H,23,24)(H,25,26)/t17-/m0/s1. The molecule has 2 aromatic rings. The maximum absolute atomic E-state index is 12.5. The van der Waals surface area contributed by atoms with Crippen molar-refractivity contribution in [1.82, 2.24) is 5.32 Å². The van der Waals surface area contributed by atoms with E-state index in [2.05, 4.69) is 42.0 Å². The maximum Gasteiger partial charge on any atom is 0.326 e. The molecule has 0 aliphatic rings. The summed E-state index contributed by atoms with van der Waals surface area (Å²) in [5, 5.41) is 12.6. The summed E-state index contributed by atoms with van der Waals surface area (Å²) < 4.78 is 0.747. The molecular formula is C20H21BrClNO3. The second-order valence-corrected chi connectivity index (χ2v) is 8.42. The molecule has 0 bridgehead atoms. The molecule has 1 atom stereocenters. The number of hydrogen-bond donors (Lipinski definition) is 2. The minimum Gasteiger partial charge on any atom is -0.480 e. The topological polar surface area (TPSA) is 66.4 Å². The number of amides is 1. The summed E-state index contributed by atoms with van der Waals surface area (Å²) in [7, 11) is 0. The zero-order valence-corrected chi connectivity index (χ0v) is 17.2. The highest BCUT2D eigenvalue weighted by molar-refractivity contribution is 9.10. The Kier molecular flexibility index (Phi) is 6.48. The number of carbonyl (C=O) groups is 2. The van der Waals surface area contributed by atoms with Gasteiger partial charge in [0.15, 0.2) is 0 Å². The van der Waals surface area contributed by atoms with Gasteiger partial charge >= 0.3 is 5.97 Å². The molecule has 4 nitrogen and oxygen atoms in total. The Morgan fingerprint density at radius 3 is 2.31 bits per heavy atom. The van der Waals surface area contributed by atoms with Crippen molar-refractivity contribution in [3.05, 3.63) is 68.7 Å². The molecule has 0 unspecified atom stereocenters. The van der Waals surface area contributed by atoms with Crippen LogP contribution in [0.2, 0.25) is 5.02 Å². The molecule has 2 aromatic carbocycles. The summed E-state index contributed by atoms with van der Waals surface area (Å²) in [4.78, 5) is 24.0. The Morgan fingerprint density at radius 1 is 1.15 bits per heavy atom. The molecule has 0 radical (unpaired) electrons. The van der Waals surface area contributed by atoms with Crippen molar-refractivity contribution in [3.8, 4) is 0 Å². The van der Waals surface area contributed by atoms with Gasteiger partial charge in [-0.1, -0.05) is 60.4 Å². The molecule has 6 heteroatoms. The van der Waals surface area contributed by atoms with Crippen molar-refractivity contribution in [2.75, 3.05) is 0 Å². The van der Waals surface area contributed by atoms with Crippen molar-refractivity contribution in [1.29, 1.82) is 0 Å². The number of hydrogen-bond acceptors (Lipinski definition) is 2. The predicted octanol–water partition coefficient (Wildman–Crippen LogP) is 4.83. The number of aliphatic carboxylic acids is 1.